The number of ether oxygens (including phenoxy) is 1. The van der Waals surface area contributed by atoms with Crippen LogP contribution >= 0.6 is 12.6 Å². The number of anilines is 1. The van der Waals surface area contributed by atoms with Crippen molar-refractivity contribution in [3.8, 4) is 5.75 Å². The molecular formula is C15H20N2O4S2. The van der Waals surface area contributed by atoms with Crippen LogP contribution in [0.5, 0.6) is 5.75 Å². The van der Waals surface area contributed by atoms with Crippen LogP contribution in [0, 0.1) is 0 Å². The molecule has 1 aromatic rings. The number of benzene rings is 1. The van der Waals surface area contributed by atoms with E-state index >= 15 is 0 Å². The first-order valence-corrected chi connectivity index (χ1v) is 9.30. The Bertz CT molecular complexity index is 691. The van der Waals surface area contributed by atoms with Crippen LogP contribution in [0.3, 0.4) is 0 Å². The predicted molar refractivity (Wildman–Crippen MR) is 92.6 cm³/mol. The minimum absolute atomic E-state index is 0.00206. The summed E-state index contributed by atoms with van der Waals surface area (Å²) in [5, 5.41) is 2.60. The van der Waals surface area contributed by atoms with Gasteiger partial charge in [0.15, 0.2) is 0 Å². The number of hydrogen-bond acceptors (Lipinski definition) is 5. The van der Waals surface area contributed by atoms with Gasteiger partial charge in [0.2, 0.25) is 15.9 Å². The molecular weight excluding hydrogens is 336 g/mol. The Morgan fingerprint density at radius 1 is 1.30 bits per heavy atom. The monoisotopic (exact) mass is 356 g/mol. The highest BCUT2D eigenvalue weighted by Crippen LogP contribution is 2.29. The number of nitrogens with zero attached hydrogens (tertiary/aromatic N) is 1. The third kappa shape index (κ3) is 4.27. The maximum atomic E-state index is 12.8. The largest absolute Gasteiger partial charge is 0.495 e. The van der Waals surface area contributed by atoms with Gasteiger partial charge in [-0.25, -0.2) is 8.42 Å². The first-order valence-electron chi connectivity index (χ1n) is 7.23. The van der Waals surface area contributed by atoms with Crippen LogP contribution in [0.15, 0.2) is 35.2 Å². The molecule has 0 fully saturated rings. The fourth-order valence-corrected chi connectivity index (χ4v) is 3.88. The van der Waals surface area contributed by atoms with Gasteiger partial charge in [0.1, 0.15) is 5.75 Å². The zero-order chi connectivity index (χ0) is 16.9. The van der Waals surface area contributed by atoms with Crippen molar-refractivity contribution in [3.05, 3.63) is 30.4 Å². The Hall–Kier alpha value is -1.51. The molecule has 6 nitrogen and oxygen atoms in total. The first-order chi connectivity index (χ1) is 11.0. The van der Waals surface area contributed by atoms with Gasteiger partial charge in [-0.3, -0.25) is 4.79 Å². The summed E-state index contributed by atoms with van der Waals surface area (Å²) in [5.41, 5.74) is 0.320. The molecule has 0 saturated carbocycles. The fourth-order valence-electron chi connectivity index (χ4n) is 2.31. The summed E-state index contributed by atoms with van der Waals surface area (Å²) < 4.78 is 32.2. The molecule has 1 aliphatic heterocycles. The molecule has 0 aliphatic carbocycles. The van der Waals surface area contributed by atoms with Gasteiger partial charge in [-0.1, -0.05) is 12.2 Å². The molecule has 0 radical (unpaired) electrons. The number of rotatable bonds is 5. The van der Waals surface area contributed by atoms with Crippen LogP contribution in [0.4, 0.5) is 5.69 Å². The second-order valence-electron chi connectivity index (χ2n) is 5.02. The SMILES string of the molecule is COc1ccc(S(=O)(=O)N2CCC=CCC2)cc1NC(=O)CS. The van der Waals surface area contributed by atoms with Gasteiger partial charge in [-0.05, 0) is 31.0 Å². The van der Waals surface area contributed by atoms with Gasteiger partial charge >= 0.3 is 0 Å². The normalized spacial score (nSPS) is 15.9. The summed E-state index contributed by atoms with van der Waals surface area (Å²) >= 11 is 3.90. The Balaban J connectivity index is 2.34. The summed E-state index contributed by atoms with van der Waals surface area (Å²) in [6.45, 7) is 0.895. The number of hydrogen-bond donors (Lipinski definition) is 2. The predicted octanol–water partition coefficient (Wildman–Crippen LogP) is 1.90. The Kier molecular flexibility index (Phi) is 6.09. The lowest BCUT2D eigenvalue weighted by molar-refractivity contribution is -0.113. The van der Waals surface area contributed by atoms with Gasteiger partial charge in [-0.2, -0.15) is 16.9 Å². The van der Waals surface area contributed by atoms with Crippen molar-refractivity contribution in [2.45, 2.75) is 17.7 Å². The molecule has 0 aromatic heterocycles. The maximum absolute atomic E-state index is 12.8. The van der Waals surface area contributed by atoms with E-state index in [1.807, 2.05) is 12.2 Å². The number of sulfonamides is 1. The molecule has 1 aromatic carbocycles. The Morgan fingerprint density at radius 2 is 1.96 bits per heavy atom. The molecule has 23 heavy (non-hydrogen) atoms. The summed E-state index contributed by atoms with van der Waals surface area (Å²) in [4.78, 5) is 11.7. The van der Waals surface area contributed by atoms with Gasteiger partial charge in [0.05, 0.1) is 23.4 Å². The summed E-state index contributed by atoms with van der Waals surface area (Å²) in [7, 11) is -2.15. The average Bonchev–Trinajstić information content (AvgIpc) is 2.84. The second kappa shape index (κ2) is 7.85. The van der Waals surface area contributed by atoms with Gasteiger partial charge in [0, 0.05) is 13.1 Å². The van der Waals surface area contributed by atoms with Crippen LogP contribution in [0.25, 0.3) is 0 Å². The number of methoxy groups -OCH3 is 1. The lowest BCUT2D eigenvalue weighted by atomic mass is 10.3. The van der Waals surface area contributed by atoms with E-state index in [1.54, 1.807) is 0 Å². The lowest BCUT2D eigenvalue weighted by Gasteiger charge is -2.21. The van der Waals surface area contributed by atoms with E-state index in [0.717, 1.165) is 0 Å². The Labute approximate surface area is 142 Å². The minimum Gasteiger partial charge on any atom is -0.495 e. The number of thiol groups is 1. The molecule has 1 amide bonds. The van der Waals surface area contributed by atoms with Crippen molar-refractivity contribution < 1.29 is 17.9 Å². The van der Waals surface area contributed by atoms with E-state index in [1.165, 1.54) is 29.6 Å². The molecule has 8 heteroatoms. The molecule has 0 atom stereocenters. The maximum Gasteiger partial charge on any atom is 0.243 e. The van der Waals surface area contributed by atoms with Crippen molar-refractivity contribution in [2.24, 2.45) is 0 Å². The smallest absolute Gasteiger partial charge is 0.243 e. The average molecular weight is 356 g/mol. The first kappa shape index (κ1) is 17.8. The van der Waals surface area contributed by atoms with Crippen LogP contribution in [-0.2, 0) is 14.8 Å². The third-order valence-electron chi connectivity index (χ3n) is 3.48. The number of carbonyl (C=O) groups excluding carboxylic acids is 1. The van der Waals surface area contributed by atoms with E-state index in [0.29, 0.717) is 37.4 Å². The second-order valence-corrected chi connectivity index (χ2v) is 7.28. The van der Waals surface area contributed by atoms with Crippen LogP contribution in [0.1, 0.15) is 12.8 Å². The molecule has 126 valence electrons. The van der Waals surface area contributed by atoms with Crippen molar-refractivity contribution >= 4 is 34.2 Å². The molecule has 1 aliphatic rings. The van der Waals surface area contributed by atoms with E-state index in [4.69, 9.17) is 4.74 Å². The van der Waals surface area contributed by atoms with Crippen LogP contribution < -0.4 is 10.1 Å². The van der Waals surface area contributed by atoms with Crippen molar-refractivity contribution in [1.29, 1.82) is 0 Å². The molecule has 0 bridgehead atoms. The third-order valence-corrected chi connectivity index (χ3v) is 5.67. The van der Waals surface area contributed by atoms with Gasteiger partial charge in [0.25, 0.3) is 0 Å². The highest BCUT2D eigenvalue weighted by Gasteiger charge is 2.25. The Morgan fingerprint density at radius 3 is 2.52 bits per heavy atom. The standard InChI is InChI=1S/C15H20N2O4S2/c1-21-14-7-6-12(10-13(14)16-15(18)11-22)23(19,20)17-8-4-2-3-5-9-17/h2-3,6-7,10,22H,4-5,8-9,11H2,1H3,(H,16,18). The molecule has 0 spiro atoms. The fraction of sp³-hybridized carbons (Fsp3) is 0.400. The van der Waals surface area contributed by atoms with E-state index < -0.39 is 10.0 Å². The topological polar surface area (TPSA) is 75.7 Å². The van der Waals surface area contributed by atoms with E-state index in [-0.39, 0.29) is 16.6 Å². The number of nitrogens with one attached hydrogen (secondary N) is 1. The zero-order valence-electron chi connectivity index (χ0n) is 12.9. The van der Waals surface area contributed by atoms with Crippen molar-refractivity contribution in [2.75, 3.05) is 31.3 Å². The number of carbonyl (C=O) groups is 1. The van der Waals surface area contributed by atoms with E-state index in [9.17, 15) is 13.2 Å². The molecule has 1 heterocycles. The summed E-state index contributed by atoms with van der Waals surface area (Å²) in [6, 6.07) is 4.45. The van der Waals surface area contributed by atoms with Crippen LogP contribution in [0.2, 0.25) is 0 Å². The molecule has 0 saturated heterocycles. The summed E-state index contributed by atoms with van der Waals surface area (Å²) in [6.07, 6.45) is 5.36. The molecule has 1 N–H and O–H groups in total. The van der Waals surface area contributed by atoms with Gasteiger partial charge < -0.3 is 10.1 Å². The van der Waals surface area contributed by atoms with Crippen LogP contribution in [-0.4, -0.2) is 44.6 Å². The van der Waals surface area contributed by atoms with Crippen molar-refractivity contribution in [1.82, 2.24) is 4.31 Å². The molecule has 0 unspecified atom stereocenters. The van der Waals surface area contributed by atoms with E-state index in [2.05, 4.69) is 17.9 Å². The molecule has 2 rings (SSSR count). The minimum atomic E-state index is -3.61. The van der Waals surface area contributed by atoms with Gasteiger partial charge in [-0.15, -0.1) is 0 Å². The highest BCUT2D eigenvalue weighted by atomic mass is 32.2. The van der Waals surface area contributed by atoms with Crippen molar-refractivity contribution in [3.63, 3.8) is 0 Å². The summed E-state index contributed by atoms with van der Waals surface area (Å²) in [5.74, 6) is 0.0644. The zero-order valence-corrected chi connectivity index (χ0v) is 14.6. The highest BCUT2D eigenvalue weighted by molar-refractivity contribution is 7.89. The number of amides is 1. The lowest BCUT2D eigenvalue weighted by Crippen LogP contribution is -2.32. The quantitative estimate of drug-likeness (QED) is 0.624.